The number of aliphatic hydroxyl groups is 1. The van der Waals surface area contributed by atoms with E-state index in [1.54, 1.807) is 44.4 Å². The summed E-state index contributed by atoms with van der Waals surface area (Å²) in [7, 11) is 0. The van der Waals surface area contributed by atoms with Gasteiger partial charge in [-0.05, 0) is 62.5 Å². The van der Waals surface area contributed by atoms with Crippen molar-refractivity contribution in [3.05, 3.63) is 58.3 Å². The van der Waals surface area contributed by atoms with Gasteiger partial charge in [-0.2, -0.15) is 0 Å². The van der Waals surface area contributed by atoms with Crippen LogP contribution < -0.4 is 10.4 Å². The number of carbonyl (C=O) groups is 4. The van der Waals surface area contributed by atoms with Crippen LogP contribution in [0.4, 0.5) is 0 Å². The van der Waals surface area contributed by atoms with Crippen LogP contribution in [0.3, 0.4) is 0 Å². The largest absolute Gasteiger partial charge is 0.482 e. The Kier molecular flexibility index (Phi) is 8.38. The first-order valence-corrected chi connectivity index (χ1v) is 16.4. The van der Waals surface area contributed by atoms with E-state index in [-0.39, 0.29) is 47.7 Å². The van der Waals surface area contributed by atoms with Crippen LogP contribution in [-0.4, -0.2) is 63.5 Å². The van der Waals surface area contributed by atoms with E-state index in [0.29, 0.717) is 24.0 Å². The minimum Gasteiger partial charge on any atom is -0.482 e. The Morgan fingerprint density at radius 2 is 1.94 bits per heavy atom. The van der Waals surface area contributed by atoms with E-state index in [1.165, 1.54) is 18.0 Å². The first kappa shape index (κ1) is 33.6. The number of nitrogens with zero attached hydrogens (tertiary/aromatic N) is 2. The summed E-state index contributed by atoms with van der Waals surface area (Å²) in [6.07, 6.45) is 3.60. The van der Waals surface area contributed by atoms with E-state index in [1.807, 2.05) is 0 Å². The van der Waals surface area contributed by atoms with Crippen LogP contribution in [0.5, 0.6) is 5.75 Å². The first-order valence-electron chi connectivity index (χ1n) is 16.4. The number of ether oxygens (including phenoxy) is 3. The molecule has 4 aliphatic rings. The molecule has 0 spiro atoms. The van der Waals surface area contributed by atoms with Gasteiger partial charge in [0, 0.05) is 54.1 Å². The molecule has 2 saturated carbocycles. The Hall–Kier alpha value is -4.32. The molecule has 2 unspecified atom stereocenters. The standard InChI is InChI=1S/C36H42N2O10/c1-19-16-38(28(41)12-23(19)40)17-29(42)47-27-14-26-34(4,10-9-20(2)35(26,5)18-45-21(3)39)32-31(43)30-25(48-36(27,32)6)13-24(46-33(30)44)22-8-7-11-37-15-22/h7-8,11,13,15-16,20,26-27,31-32,43H,9-10,12,14,17-18H2,1-6H3/t20-,26?,27-,31-,32?,34-,35+,36+/m0/s1. The number of hydrogen-bond acceptors (Lipinski definition) is 11. The zero-order valence-corrected chi connectivity index (χ0v) is 28.1. The van der Waals surface area contributed by atoms with Crippen molar-refractivity contribution < 1.29 is 42.9 Å². The van der Waals surface area contributed by atoms with E-state index in [0.717, 1.165) is 6.42 Å². The molecule has 0 aromatic carbocycles. The van der Waals surface area contributed by atoms with Crippen LogP contribution in [0.1, 0.15) is 78.9 Å². The summed E-state index contributed by atoms with van der Waals surface area (Å²) in [5, 5.41) is 12.3. The Labute approximate surface area is 278 Å². The van der Waals surface area contributed by atoms with Crippen molar-refractivity contribution >= 4 is 23.6 Å². The van der Waals surface area contributed by atoms with Crippen LogP contribution in [0.15, 0.2) is 51.6 Å². The number of fused-ring (bicyclic) bond motifs is 4. The third-order valence-electron chi connectivity index (χ3n) is 11.7. The molecule has 48 heavy (non-hydrogen) atoms. The predicted octanol–water partition coefficient (Wildman–Crippen LogP) is 4.15. The van der Waals surface area contributed by atoms with Crippen LogP contribution in [-0.2, 0) is 28.7 Å². The Balaban J connectivity index is 1.44. The molecule has 6 rings (SSSR count). The molecule has 0 bridgehead atoms. The molecule has 12 heteroatoms. The van der Waals surface area contributed by atoms with Crippen molar-refractivity contribution in [2.45, 2.75) is 85.0 Å². The van der Waals surface area contributed by atoms with Gasteiger partial charge in [-0.25, -0.2) is 4.79 Å². The highest BCUT2D eigenvalue weighted by Gasteiger charge is 2.70. The SMILES string of the molecule is CC(=O)OC[C@@]1(C)C2C[C@H](OC(=O)CN3C=C(C)C(=O)CC3=O)[C@@]3(C)Oc4cc(-c5cccnc5)oc(=O)c4[C@H](O)C3[C@@]2(C)CC[C@@H]1C. The Bertz CT molecular complexity index is 1750. The van der Waals surface area contributed by atoms with Gasteiger partial charge in [0.1, 0.15) is 35.3 Å². The first-order chi connectivity index (χ1) is 22.6. The molecular weight excluding hydrogens is 620 g/mol. The fourth-order valence-electron chi connectivity index (χ4n) is 8.92. The topological polar surface area (TPSA) is 163 Å². The van der Waals surface area contributed by atoms with E-state index in [2.05, 4.69) is 25.8 Å². The molecule has 1 amide bonds. The van der Waals surface area contributed by atoms with Crippen LogP contribution in [0.25, 0.3) is 11.3 Å². The summed E-state index contributed by atoms with van der Waals surface area (Å²) in [5.74, 6) is -2.51. The monoisotopic (exact) mass is 662 g/mol. The van der Waals surface area contributed by atoms with E-state index in [9.17, 15) is 29.1 Å². The highest BCUT2D eigenvalue weighted by Crippen LogP contribution is 2.68. The molecule has 2 aromatic rings. The van der Waals surface area contributed by atoms with Gasteiger partial charge in [0.25, 0.3) is 0 Å². The highest BCUT2D eigenvalue weighted by molar-refractivity contribution is 6.09. The quantitative estimate of drug-likeness (QED) is 0.349. The lowest BCUT2D eigenvalue weighted by atomic mass is 9.41. The van der Waals surface area contributed by atoms with Gasteiger partial charge in [0.05, 0.1) is 19.1 Å². The van der Waals surface area contributed by atoms with E-state index >= 15 is 0 Å². The second kappa shape index (κ2) is 12.0. The van der Waals surface area contributed by atoms with Gasteiger partial charge in [-0.15, -0.1) is 0 Å². The number of amides is 1. The number of aliphatic hydroxyl groups excluding tert-OH is 1. The lowest BCUT2D eigenvalue weighted by Crippen LogP contribution is -2.70. The van der Waals surface area contributed by atoms with Gasteiger partial charge in [0.15, 0.2) is 5.78 Å². The van der Waals surface area contributed by atoms with E-state index < -0.39 is 64.6 Å². The van der Waals surface area contributed by atoms with Gasteiger partial charge >= 0.3 is 17.6 Å². The van der Waals surface area contributed by atoms with Gasteiger partial charge < -0.3 is 28.6 Å². The molecule has 2 aliphatic carbocycles. The minimum absolute atomic E-state index is 0.0124. The summed E-state index contributed by atoms with van der Waals surface area (Å²) in [6.45, 7) is 10.7. The molecule has 2 aliphatic heterocycles. The number of allylic oxidation sites excluding steroid dienone is 1. The summed E-state index contributed by atoms with van der Waals surface area (Å²) in [4.78, 5) is 69.2. The number of pyridine rings is 1. The molecule has 2 aromatic heterocycles. The second-order valence-corrected chi connectivity index (χ2v) is 14.6. The van der Waals surface area contributed by atoms with Crippen molar-refractivity contribution in [1.29, 1.82) is 0 Å². The lowest BCUT2D eigenvalue weighted by molar-refractivity contribution is -0.262. The van der Waals surface area contributed by atoms with Crippen LogP contribution >= 0.6 is 0 Å². The average molecular weight is 663 g/mol. The van der Waals surface area contributed by atoms with Crippen molar-refractivity contribution in [2.24, 2.45) is 28.6 Å². The molecule has 0 radical (unpaired) electrons. The number of Topliss-reactive ketones (excluding diaryl/α,β-unsaturated/α-hetero) is 1. The van der Waals surface area contributed by atoms with Crippen LogP contribution in [0.2, 0.25) is 0 Å². The maximum Gasteiger partial charge on any atom is 0.345 e. The number of esters is 2. The Morgan fingerprint density at radius 3 is 2.62 bits per heavy atom. The number of rotatable bonds is 6. The fourth-order valence-corrected chi connectivity index (χ4v) is 8.92. The maximum absolute atomic E-state index is 13.6. The van der Waals surface area contributed by atoms with Gasteiger partial charge in [0.2, 0.25) is 5.91 Å². The van der Waals surface area contributed by atoms with Crippen molar-refractivity contribution in [1.82, 2.24) is 9.88 Å². The number of aromatic nitrogens is 1. The number of hydrogen-bond donors (Lipinski definition) is 1. The normalized spacial score (nSPS) is 34.2. The third kappa shape index (κ3) is 5.43. The molecule has 2 fully saturated rings. The maximum atomic E-state index is 13.6. The molecule has 4 heterocycles. The zero-order chi connectivity index (χ0) is 34.8. The van der Waals surface area contributed by atoms with Gasteiger partial charge in [-0.1, -0.05) is 20.8 Å². The number of ketones is 1. The van der Waals surface area contributed by atoms with Crippen LogP contribution in [0, 0.1) is 28.6 Å². The average Bonchev–Trinajstić information content (AvgIpc) is 3.02. The molecular formula is C36H42N2O10. The second-order valence-electron chi connectivity index (χ2n) is 14.6. The summed E-state index contributed by atoms with van der Waals surface area (Å²) >= 11 is 0. The highest BCUT2D eigenvalue weighted by atomic mass is 16.6. The Morgan fingerprint density at radius 1 is 1.19 bits per heavy atom. The smallest absolute Gasteiger partial charge is 0.345 e. The molecule has 12 nitrogen and oxygen atoms in total. The summed E-state index contributed by atoms with van der Waals surface area (Å²) < 4.78 is 24.3. The predicted molar refractivity (Wildman–Crippen MR) is 170 cm³/mol. The molecule has 0 saturated heterocycles. The minimum atomic E-state index is -1.35. The summed E-state index contributed by atoms with van der Waals surface area (Å²) in [5.41, 5.74) is -2.43. The third-order valence-corrected chi connectivity index (χ3v) is 11.7. The molecule has 256 valence electrons. The van der Waals surface area contributed by atoms with Crippen molar-refractivity contribution in [3.8, 4) is 17.1 Å². The molecule has 8 atom stereocenters. The lowest BCUT2D eigenvalue weighted by Gasteiger charge is -2.66. The van der Waals surface area contributed by atoms with Crippen molar-refractivity contribution in [2.75, 3.05) is 13.2 Å². The molecule has 1 N–H and O–H groups in total. The zero-order valence-electron chi connectivity index (χ0n) is 28.1. The van der Waals surface area contributed by atoms with E-state index in [4.69, 9.17) is 18.6 Å². The van der Waals surface area contributed by atoms with Gasteiger partial charge in [-0.3, -0.25) is 24.2 Å². The fraction of sp³-hybridized carbons (Fsp3) is 0.556. The summed E-state index contributed by atoms with van der Waals surface area (Å²) in [6, 6.07) is 4.99. The van der Waals surface area contributed by atoms with Crippen molar-refractivity contribution in [3.63, 3.8) is 0 Å². The number of carbonyl (C=O) groups excluding carboxylic acids is 4.